The van der Waals surface area contributed by atoms with Gasteiger partial charge in [-0.3, -0.25) is 5.10 Å². The molecule has 0 saturated carbocycles. The van der Waals surface area contributed by atoms with E-state index in [-0.39, 0.29) is 0 Å². The minimum absolute atomic E-state index is 0.570. The second-order valence-corrected chi connectivity index (χ2v) is 7.85. The van der Waals surface area contributed by atoms with E-state index >= 15 is 0 Å². The topological polar surface area (TPSA) is 67.6 Å². The van der Waals surface area contributed by atoms with Crippen LogP contribution in [0.4, 0.5) is 0 Å². The number of benzene rings is 4. The Morgan fingerprint density at radius 3 is 1.76 bits per heavy atom. The molecular formula is C29H20N4O. The van der Waals surface area contributed by atoms with E-state index < -0.39 is 0 Å². The number of aromatic nitrogens is 4. The lowest BCUT2D eigenvalue weighted by atomic mass is 9.95. The molecule has 0 aliphatic rings. The molecule has 34 heavy (non-hydrogen) atoms. The van der Waals surface area contributed by atoms with Crippen LogP contribution in [-0.2, 0) is 0 Å². The first-order chi connectivity index (χ1) is 16.9. The summed E-state index contributed by atoms with van der Waals surface area (Å²) in [7, 11) is 0. The van der Waals surface area contributed by atoms with Gasteiger partial charge in [0.15, 0.2) is 11.6 Å². The van der Waals surface area contributed by atoms with Crippen molar-refractivity contribution in [3.05, 3.63) is 116 Å². The quantitative estimate of drug-likeness (QED) is 0.310. The van der Waals surface area contributed by atoms with E-state index in [0.29, 0.717) is 11.7 Å². The summed E-state index contributed by atoms with van der Waals surface area (Å²) in [6.07, 6.45) is 1.52. The van der Waals surface area contributed by atoms with Gasteiger partial charge in [-0.2, -0.15) is 5.10 Å². The molecule has 4 aromatic carbocycles. The van der Waals surface area contributed by atoms with Crippen LogP contribution in [0.2, 0.25) is 0 Å². The number of oxazole rings is 1. The van der Waals surface area contributed by atoms with Gasteiger partial charge in [0.25, 0.3) is 0 Å². The molecule has 0 aliphatic heterocycles. The van der Waals surface area contributed by atoms with E-state index in [1.165, 1.54) is 6.33 Å². The zero-order valence-corrected chi connectivity index (χ0v) is 18.2. The van der Waals surface area contributed by atoms with Crippen LogP contribution in [0.15, 0.2) is 120 Å². The van der Waals surface area contributed by atoms with Crippen molar-refractivity contribution in [2.24, 2.45) is 0 Å². The molecule has 1 N–H and O–H groups in total. The maximum Gasteiger partial charge on any atom is 0.227 e. The lowest BCUT2D eigenvalue weighted by Crippen LogP contribution is -1.90. The monoisotopic (exact) mass is 440 g/mol. The van der Waals surface area contributed by atoms with Crippen molar-refractivity contribution in [3.63, 3.8) is 0 Å². The molecule has 0 amide bonds. The van der Waals surface area contributed by atoms with E-state index in [1.54, 1.807) is 0 Å². The van der Waals surface area contributed by atoms with Crippen LogP contribution in [0, 0.1) is 0 Å². The molecule has 0 radical (unpaired) electrons. The third-order valence-corrected chi connectivity index (χ3v) is 5.76. The van der Waals surface area contributed by atoms with Gasteiger partial charge in [-0.15, -0.1) is 0 Å². The largest absolute Gasteiger partial charge is 0.435 e. The molecule has 6 rings (SSSR count). The fourth-order valence-corrected chi connectivity index (χ4v) is 4.18. The van der Waals surface area contributed by atoms with Crippen LogP contribution in [-0.4, -0.2) is 20.2 Å². The highest BCUT2D eigenvalue weighted by Gasteiger charge is 2.21. The number of rotatable bonds is 5. The minimum atomic E-state index is 0.570. The van der Waals surface area contributed by atoms with Gasteiger partial charge in [0.1, 0.15) is 12.0 Å². The molecule has 0 fully saturated rings. The van der Waals surface area contributed by atoms with Crippen LogP contribution in [0.1, 0.15) is 0 Å². The highest BCUT2D eigenvalue weighted by Crippen LogP contribution is 2.40. The van der Waals surface area contributed by atoms with Crippen molar-refractivity contribution in [2.45, 2.75) is 0 Å². The van der Waals surface area contributed by atoms with Crippen LogP contribution in [0.3, 0.4) is 0 Å². The molecule has 2 heterocycles. The fourth-order valence-electron chi connectivity index (χ4n) is 4.18. The van der Waals surface area contributed by atoms with E-state index in [1.807, 2.05) is 84.9 Å². The average molecular weight is 441 g/mol. The van der Waals surface area contributed by atoms with Gasteiger partial charge in [-0.05, 0) is 17.2 Å². The van der Waals surface area contributed by atoms with Gasteiger partial charge in [-0.25, -0.2) is 9.97 Å². The molecule has 2 aromatic heterocycles. The Labute approximate surface area is 196 Å². The van der Waals surface area contributed by atoms with Gasteiger partial charge in [0.2, 0.25) is 5.89 Å². The van der Waals surface area contributed by atoms with Crippen LogP contribution in [0.5, 0.6) is 0 Å². The lowest BCUT2D eigenvalue weighted by molar-refractivity contribution is 0.589. The van der Waals surface area contributed by atoms with Crippen LogP contribution in [0.25, 0.3) is 56.6 Å². The lowest BCUT2D eigenvalue weighted by Gasteiger charge is -2.11. The fraction of sp³-hybridized carbons (Fsp3) is 0. The zero-order chi connectivity index (χ0) is 22.7. The Bertz CT molecular complexity index is 1480. The van der Waals surface area contributed by atoms with Crippen LogP contribution >= 0.6 is 0 Å². The van der Waals surface area contributed by atoms with Gasteiger partial charge in [0, 0.05) is 22.3 Å². The van der Waals surface area contributed by atoms with Gasteiger partial charge in [-0.1, -0.05) is 103 Å². The molecule has 5 nitrogen and oxygen atoms in total. The Balaban J connectivity index is 1.56. The van der Waals surface area contributed by atoms with Crippen molar-refractivity contribution in [1.82, 2.24) is 20.2 Å². The third kappa shape index (κ3) is 3.59. The first kappa shape index (κ1) is 19.9. The first-order valence-electron chi connectivity index (χ1n) is 11.0. The zero-order valence-electron chi connectivity index (χ0n) is 18.2. The van der Waals surface area contributed by atoms with E-state index in [2.05, 4.69) is 39.4 Å². The van der Waals surface area contributed by atoms with Crippen molar-refractivity contribution in [3.8, 4) is 56.6 Å². The minimum Gasteiger partial charge on any atom is -0.435 e. The summed E-state index contributed by atoms with van der Waals surface area (Å²) >= 11 is 0. The number of hydrogen-bond donors (Lipinski definition) is 1. The Kier molecular flexibility index (Phi) is 5.05. The first-order valence-corrected chi connectivity index (χ1v) is 11.0. The van der Waals surface area contributed by atoms with Crippen molar-refractivity contribution in [1.29, 1.82) is 0 Å². The molecule has 0 aliphatic carbocycles. The summed E-state index contributed by atoms with van der Waals surface area (Å²) in [5.74, 6) is 2.04. The van der Waals surface area contributed by atoms with Crippen molar-refractivity contribution in [2.75, 3.05) is 0 Å². The summed E-state index contributed by atoms with van der Waals surface area (Å²) in [5.41, 5.74) is 6.72. The molecule has 0 atom stereocenters. The number of aromatic amines is 1. The van der Waals surface area contributed by atoms with E-state index in [0.717, 1.165) is 44.8 Å². The predicted octanol–water partition coefficient (Wildman–Crippen LogP) is 7.13. The molecule has 0 saturated heterocycles. The summed E-state index contributed by atoms with van der Waals surface area (Å²) < 4.78 is 6.49. The summed E-state index contributed by atoms with van der Waals surface area (Å²) in [5, 5.41) is 7.01. The summed E-state index contributed by atoms with van der Waals surface area (Å²) in [4.78, 5) is 9.37. The third-order valence-electron chi connectivity index (χ3n) is 5.76. The second-order valence-electron chi connectivity index (χ2n) is 7.85. The average Bonchev–Trinajstić information content (AvgIpc) is 3.61. The Morgan fingerprint density at radius 2 is 1.12 bits per heavy atom. The molecular weight excluding hydrogens is 420 g/mol. The SMILES string of the molecule is c1ccc(-c2nc(-c3ccccc3-c3ccccc3-c3ncn[nH]3)oc2-c2ccccc2)cc1. The van der Waals surface area contributed by atoms with Gasteiger partial charge in [0.05, 0.1) is 0 Å². The number of hydrogen-bond acceptors (Lipinski definition) is 4. The summed E-state index contributed by atoms with van der Waals surface area (Å²) in [6.45, 7) is 0. The standard InChI is InChI=1S/C29H20N4O/c1-3-11-20(12-4-1)26-27(21-13-5-2-6-14-21)34-29(32-26)25-18-10-8-16-23(25)22-15-7-9-17-24(22)28-30-19-31-33-28/h1-19H,(H,30,31,33). The van der Waals surface area contributed by atoms with Gasteiger partial charge < -0.3 is 4.42 Å². The summed E-state index contributed by atoms with van der Waals surface area (Å²) in [6, 6.07) is 36.5. The molecule has 162 valence electrons. The molecule has 0 bridgehead atoms. The van der Waals surface area contributed by atoms with Crippen molar-refractivity contribution < 1.29 is 4.42 Å². The predicted molar refractivity (Wildman–Crippen MR) is 134 cm³/mol. The number of nitrogens with zero attached hydrogens (tertiary/aromatic N) is 3. The second kappa shape index (κ2) is 8.64. The molecule has 0 spiro atoms. The smallest absolute Gasteiger partial charge is 0.227 e. The maximum absolute atomic E-state index is 6.49. The normalized spacial score (nSPS) is 10.9. The molecule has 6 aromatic rings. The Hall–Kier alpha value is -4.77. The number of nitrogens with one attached hydrogen (secondary N) is 1. The Morgan fingerprint density at radius 1 is 0.559 bits per heavy atom. The molecule has 0 unspecified atom stereocenters. The molecule has 5 heteroatoms. The maximum atomic E-state index is 6.49. The van der Waals surface area contributed by atoms with Crippen LogP contribution < -0.4 is 0 Å². The van der Waals surface area contributed by atoms with E-state index in [4.69, 9.17) is 9.40 Å². The highest BCUT2D eigenvalue weighted by atomic mass is 16.4. The highest BCUT2D eigenvalue weighted by molar-refractivity contribution is 5.89. The van der Waals surface area contributed by atoms with E-state index in [9.17, 15) is 0 Å². The van der Waals surface area contributed by atoms with Crippen molar-refractivity contribution >= 4 is 0 Å². The number of H-pyrrole nitrogens is 1. The van der Waals surface area contributed by atoms with Gasteiger partial charge >= 0.3 is 0 Å².